The summed E-state index contributed by atoms with van der Waals surface area (Å²) < 4.78 is 5.48. The van der Waals surface area contributed by atoms with E-state index in [-0.39, 0.29) is 18.5 Å². The van der Waals surface area contributed by atoms with Gasteiger partial charge in [0.15, 0.2) is 0 Å². The summed E-state index contributed by atoms with van der Waals surface area (Å²) in [6.45, 7) is 4.91. The largest absolute Gasteiger partial charge is 0.466 e. The van der Waals surface area contributed by atoms with Crippen LogP contribution in [0.1, 0.15) is 380 Å². The second-order valence-electron chi connectivity index (χ2n) is 23.9. The molecular formula is C71H135NO5. The second kappa shape index (κ2) is 66.6. The fraction of sp³-hybridized carbons (Fsp3) is 0.887. The molecule has 0 aliphatic rings. The molecule has 0 aliphatic carbocycles. The molecule has 0 aliphatic heterocycles. The highest BCUT2D eigenvalue weighted by Gasteiger charge is 2.18. The first-order valence-corrected chi connectivity index (χ1v) is 34.8. The van der Waals surface area contributed by atoms with Gasteiger partial charge in [0, 0.05) is 12.8 Å². The van der Waals surface area contributed by atoms with Crippen LogP contribution in [0.5, 0.6) is 0 Å². The zero-order valence-corrected chi connectivity index (χ0v) is 52.0. The first-order valence-electron chi connectivity index (χ1n) is 34.8. The minimum Gasteiger partial charge on any atom is -0.466 e. The molecule has 454 valence electrons. The average Bonchev–Trinajstić information content (AvgIpc) is 3.43. The van der Waals surface area contributed by atoms with E-state index in [0.29, 0.717) is 19.4 Å². The fourth-order valence-electron chi connectivity index (χ4n) is 10.8. The molecule has 3 N–H and O–H groups in total. The van der Waals surface area contributed by atoms with Gasteiger partial charge in [-0.2, -0.15) is 0 Å². The van der Waals surface area contributed by atoms with E-state index in [2.05, 4.69) is 43.5 Å². The van der Waals surface area contributed by atoms with Crippen LogP contribution in [0.4, 0.5) is 0 Å². The first kappa shape index (κ1) is 75.1. The molecule has 0 aromatic carbocycles. The second-order valence-corrected chi connectivity index (χ2v) is 23.9. The van der Waals surface area contributed by atoms with Crippen LogP contribution in [0.3, 0.4) is 0 Å². The Morgan fingerprint density at radius 2 is 0.610 bits per heavy atom. The molecule has 0 heterocycles. The zero-order chi connectivity index (χ0) is 55.7. The number of amides is 1. The van der Waals surface area contributed by atoms with Gasteiger partial charge in [-0.15, -0.1) is 0 Å². The van der Waals surface area contributed by atoms with Crippen LogP contribution in [0.2, 0.25) is 0 Å². The molecule has 6 heteroatoms. The van der Waals surface area contributed by atoms with Crippen molar-refractivity contribution in [2.24, 2.45) is 0 Å². The van der Waals surface area contributed by atoms with Crippen LogP contribution >= 0.6 is 0 Å². The summed E-state index contributed by atoms with van der Waals surface area (Å²) in [6.07, 6.45) is 85.1. The smallest absolute Gasteiger partial charge is 0.305 e. The Morgan fingerprint density at radius 3 is 0.935 bits per heavy atom. The summed E-state index contributed by atoms with van der Waals surface area (Å²) >= 11 is 0. The van der Waals surface area contributed by atoms with E-state index < -0.39 is 12.1 Å². The van der Waals surface area contributed by atoms with Crippen molar-refractivity contribution in [3.05, 3.63) is 36.5 Å². The number of aliphatic hydroxyl groups excluding tert-OH is 2. The lowest BCUT2D eigenvalue weighted by molar-refractivity contribution is -0.143. The van der Waals surface area contributed by atoms with Crippen molar-refractivity contribution < 1.29 is 24.5 Å². The lowest BCUT2D eigenvalue weighted by Crippen LogP contribution is -2.45. The van der Waals surface area contributed by atoms with E-state index in [1.165, 1.54) is 308 Å². The summed E-state index contributed by atoms with van der Waals surface area (Å²) in [4.78, 5) is 24.5. The highest BCUT2D eigenvalue weighted by atomic mass is 16.5. The molecule has 77 heavy (non-hydrogen) atoms. The lowest BCUT2D eigenvalue weighted by Gasteiger charge is -2.20. The van der Waals surface area contributed by atoms with E-state index in [9.17, 15) is 19.8 Å². The summed E-state index contributed by atoms with van der Waals surface area (Å²) in [7, 11) is 0. The SMILES string of the molecule is CCCCCC/C=C\CCCCCCCC(=O)OCCCCCCCCCCCCCC/C=C\CCCCCCCCCCCCCCCCCC(=O)NC(CO)C(O)/C=C/CCCCCCCCCCCCCCCC. The molecule has 0 saturated heterocycles. The van der Waals surface area contributed by atoms with Crippen LogP contribution in [-0.4, -0.2) is 47.4 Å². The summed E-state index contributed by atoms with van der Waals surface area (Å²) in [6, 6.07) is -0.626. The average molecular weight is 1080 g/mol. The number of rotatable bonds is 65. The Labute approximate surface area is 481 Å². The minimum absolute atomic E-state index is 0.00831. The Kier molecular flexibility index (Phi) is 64.9. The minimum atomic E-state index is -0.843. The number of carbonyl (C=O) groups is 2. The van der Waals surface area contributed by atoms with E-state index in [1.807, 2.05) is 6.08 Å². The van der Waals surface area contributed by atoms with Crippen molar-refractivity contribution >= 4 is 11.9 Å². The number of nitrogens with one attached hydrogen (secondary N) is 1. The Hall–Kier alpha value is -1.92. The first-order chi connectivity index (χ1) is 38.0. The lowest BCUT2D eigenvalue weighted by atomic mass is 10.0. The fourth-order valence-corrected chi connectivity index (χ4v) is 10.8. The van der Waals surface area contributed by atoms with Crippen LogP contribution in [-0.2, 0) is 14.3 Å². The van der Waals surface area contributed by atoms with Crippen molar-refractivity contribution in [2.45, 2.75) is 392 Å². The van der Waals surface area contributed by atoms with Gasteiger partial charge in [0.25, 0.3) is 0 Å². The van der Waals surface area contributed by atoms with Crippen LogP contribution in [0.25, 0.3) is 0 Å². The topological polar surface area (TPSA) is 95.9 Å². The molecule has 0 spiro atoms. The molecule has 0 bridgehead atoms. The van der Waals surface area contributed by atoms with Crippen LogP contribution in [0.15, 0.2) is 36.5 Å². The molecule has 0 fully saturated rings. The molecule has 0 rings (SSSR count). The quantitative estimate of drug-likeness (QED) is 0.0320. The zero-order valence-electron chi connectivity index (χ0n) is 52.0. The molecule has 2 atom stereocenters. The van der Waals surface area contributed by atoms with Gasteiger partial charge in [0.2, 0.25) is 5.91 Å². The highest BCUT2D eigenvalue weighted by Crippen LogP contribution is 2.18. The van der Waals surface area contributed by atoms with Crippen molar-refractivity contribution in [3.8, 4) is 0 Å². The number of ether oxygens (including phenoxy) is 1. The van der Waals surface area contributed by atoms with E-state index in [1.54, 1.807) is 6.08 Å². The third-order valence-electron chi connectivity index (χ3n) is 16.1. The number of allylic oxidation sites excluding steroid dienone is 5. The van der Waals surface area contributed by atoms with Crippen molar-refractivity contribution in [3.63, 3.8) is 0 Å². The standard InChI is InChI=1S/C71H135NO5/c1-3-5-7-9-11-13-15-17-18-36-40-43-47-51-55-59-63-69(74)68(67-73)72-70(75)64-60-56-52-48-44-41-37-34-32-30-28-26-24-22-20-19-21-23-25-27-29-31-33-35-38-42-46-50-54-58-62-66-77-71(76)65-61-57-53-49-45-39-16-14-12-10-8-6-4-2/h14,16,21,23,59,63,68-69,73-74H,3-13,15,17-20,22,24-58,60-62,64-67H2,1-2H3,(H,72,75)/b16-14-,23-21-,63-59+. The third-order valence-corrected chi connectivity index (χ3v) is 16.1. The Bertz CT molecular complexity index is 1250. The molecule has 0 saturated carbocycles. The number of esters is 1. The van der Waals surface area contributed by atoms with E-state index in [4.69, 9.17) is 4.74 Å². The van der Waals surface area contributed by atoms with Gasteiger partial charge in [0.1, 0.15) is 0 Å². The predicted molar refractivity (Wildman–Crippen MR) is 338 cm³/mol. The maximum Gasteiger partial charge on any atom is 0.305 e. The van der Waals surface area contributed by atoms with E-state index >= 15 is 0 Å². The molecule has 2 unspecified atom stereocenters. The number of unbranched alkanes of at least 4 members (excludes halogenated alkanes) is 50. The van der Waals surface area contributed by atoms with Gasteiger partial charge in [-0.3, -0.25) is 9.59 Å². The van der Waals surface area contributed by atoms with Crippen molar-refractivity contribution in [2.75, 3.05) is 13.2 Å². The van der Waals surface area contributed by atoms with Gasteiger partial charge in [-0.05, 0) is 83.5 Å². The molecule has 6 nitrogen and oxygen atoms in total. The predicted octanol–water partition coefficient (Wildman–Crippen LogP) is 22.3. The van der Waals surface area contributed by atoms with Gasteiger partial charge >= 0.3 is 5.97 Å². The van der Waals surface area contributed by atoms with Gasteiger partial charge in [-0.25, -0.2) is 0 Å². The monoisotopic (exact) mass is 1080 g/mol. The van der Waals surface area contributed by atoms with Crippen LogP contribution in [0, 0.1) is 0 Å². The molecule has 0 radical (unpaired) electrons. The molecular weight excluding hydrogens is 947 g/mol. The number of hydrogen-bond acceptors (Lipinski definition) is 5. The Balaban J connectivity index is 3.38. The van der Waals surface area contributed by atoms with Crippen LogP contribution < -0.4 is 5.32 Å². The van der Waals surface area contributed by atoms with Gasteiger partial charge < -0.3 is 20.3 Å². The van der Waals surface area contributed by atoms with E-state index in [0.717, 1.165) is 44.9 Å². The molecule has 0 aromatic rings. The summed E-state index contributed by atoms with van der Waals surface area (Å²) in [5, 5.41) is 23.2. The molecule has 0 aromatic heterocycles. The normalized spacial score (nSPS) is 12.7. The van der Waals surface area contributed by atoms with Gasteiger partial charge in [0.05, 0.1) is 25.4 Å². The number of carbonyl (C=O) groups excluding carboxylic acids is 2. The maximum atomic E-state index is 12.5. The number of aliphatic hydroxyl groups is 2. The highest BCUT2D eigenvalue weighted by molar-refractivity contribution is 5.76. The summed E-state index contributed by atoms with van der Waals surface area (Å²) in [5.74, 6) is -0.0552. The van der Waals surface area contributed by atoms with Gasteiger partial charge in [-0.1, -0.05) is 320 Å². The van der Waals surface area contributed by atoms with Crippen molar-refractivity contribution in [1.29, 1.82) is 0 Å². The Morgan fingerprint density at radius 1 is 0.351 bits per heavy atom. The maximum absolute atomic E-state index is 12.5. The third kappa shape index (κ3) is 63.1. The summed E-state index contributed by atoms with van der Waals surface area (Å²) in [5.41, 5.74) is 0. The molecule has 1 amide bonds. The van der Waals surface area contributed by atoms with Crippen molar-refractivity contribution in [1.82, 2.24) is 5.32 Å². The number of hydrogen-bond donors (Lipinski definition) is 3.